The van der Waals surface area contributed by atoms with Gasteiger partial charge in [-0.25, -0.2) is 0 Å². The summed E-state index contributed by atoms with van der Waals surface area (Å²) in [6.07, 6.45) is 1.59. The summed E-state index contributed by atoms with van der Waals surface area (Å²) in [4.78, 5) is 29.3. The highest BCUT2D eigenvalue weighted by Crippen LogP contribution is 2.37. The first-order valence-corrected chi connectivity index (χ1v) is 11.8. The van der Waals surface area contributed by atoms with Gasteiger partial charge >= 0.3 is 0 Å². The van der Waals surface area contributed by atoms with Crippen LogP contribution in [0.5, 0.6) is 11.5 Å². The molecule has 2 aliphatic heterocycles. The summed E-state index contributed by atoms with van der Waals surface area (Å²) < 4.78 is 18.4. The van der Waals surface area contributed by atoms with Gasteiger partial charge in [-0.1, -0.05) is 36.4 Å². The quantitative estimate of drug-likeness (QED) is 0.444. The fraction of sp³-hybridized carbons (Fsp3) is 0.214. The maximum Gasteiger partial charge on any atom is 0.271 e. The second-order valence-corrected chi connectivity index (χ2v) is 9.19. The van der Waals surface area contributed by atoms with Gasteiger partial charge in [0, 0.05) is 13.1 Å². The fourth-order valence-corrected chi connectivity index (χ4v) is 4.85. The Morgan fingerprint density at radius 1 is 0.944 bits per heavy atom. The summed E-state index contributed by atoms with van der Waals surface area (Å²) >= 11 is 0. The van der Waals surface area contributed by atoms with Gasteiger partial charge < -0.3 is 28.7 Å². The molecule has 6 rings (SSSR count). The van der Waals surface area contributed by atoms with Crippen LogP contribution in [0.2, 0.25) is 0 Å². The molecule has 0 unspecified atom stereocenters. The number of amides is 2. The summed E-state index contributed by atoms with van der Waals surface area (Å²) in [6, 6.07) is 22.6. The largest absolute Gasteiger partial charge is 0.463 e. The number of carbonyl (C=O) groups is 2. The summed E-state index contributed by atoms with van der Waals surface area (Å²) in [6.45, 7) is 2.87. The predicted octanol–water partition coefficient (Wildman–Crippen LogP) is 4.21. The lowest BCUT2D eigenvalue weighted by atomic mass is 9.93. The number of carbonyl (C=O) groups excluding carboxylic acids is 2. The number of fused-ring (bicyclic) bond motifs is 2. The first-order chi connectivity index (χ1) is 17.5. The zero-order valence-corrected chi connectivity index (χ0v) is 19.8. The number of nitrogens with one attached hydrogen (secondary N) is 1. The molecule has 2 amide bonds. The van der Waals surface area contributed by atoms with Crippen molar-refractivity contribution in [3.63, 3.8) is 0 Å². The van der Waals surface area contributed by atoms with Gasteiger partial charge in [0.25, 0.3) is 5.91 Å². The summed E-state index contributed by atoms with van der Waals surface area (Å²) in [5.41, 5.74) is 1.94. The highest BCUT2D eigenvalue weighted by Gasteiger charge is 2.48. The van der Waals surface area contributed by atoms with Gasteiger partial charge in [0.1, 0.15) is 17.0 Å². The van der Waals surface area contributed by atoms with E-state index in [4.69, 9.17) is 13.9 Å². The lowest BCUT2D eigenvalue weighted by molar-refractivity contribution is -0.133. The van der Waals surface area contributed by atoms with Crippen molar-refractivity contribution < 1.29 is 23.5 Å². The third-order valence-electron chi connectivity index (χ3n) is 6.84. The van der Waals surface area contributed by atoms with Gasteiger partial charge in [-0.05, 0) is 54.4 Å². The third kappa shape index (κ3) is 3.71. The molecule has 0 radical (unpaired) electrons. The number of ether oxygens (including phenoxy) is 2. The molecule has 36 heavy (non-hydrogen) atoms. The highest BCUT2D eigenvalue weighted by atomic mass is 16.7. The van der Waals surface area contributed by atoms with Crippen molar-refractivity contribution in [1.29, 1.82) is 0 Å². The smallest absolute Gasteiger partial charge is 0.271 e. The minimum Gasteiger partial charge on any atom is -0.463 e. The van der Waals surface area contributed by atoms with Gasteiger partial charge in [-0.2, -0.15) is 0 Å². The maximum atomic E-state index is 13.9. The van der Waals surface area contributed by atoms with Gasteiger partial charge in [0.05, 0.1) is 18.5 Å². The van der Waals surface area contributed by atoms with E-state index in [2.05, 4.69) is 5.32 Å². The topological polar surface area (TPSA) is 85.9 Å². The Kier molecular flexibility index (Phi) is 5.29. The molecule has 1 atom stereocenters. The summed E-state index contributed by atoms with van der Waals surface area (Å²) in [7, 11) is 0. The Morgan fingerprint density at radius 3 is 2.56 bits per heavy atom. The highest BCUT2D eigenvalue weighted by molar-refractivity contribution is 6.00. The van der Waals surface area contributed by atoms with Crippen LogP contribution >= 0.6 is 0 Å². The van der Waals surface area contributed by atoms with E-state index < -0.39 is 5.54 Å². The van der Waals surface area contributed by atoms with Crippen molar-refractivity contribution in [3.05, 3.63) is 95.9 Å². The number of rotatable bonds is 6. The van der Waals surface area contributed by atoms with E-state index in [1.165, 1.54) is 0 Å². The average molecular weight is 484 g/mol. The van der Waals surface area contributed by atoms with Crippen LogP contribution < -0.4 is 14.8 Å². The molecule has 4 heterocycles. The monoisotopic (exact) mass is 483 g/mol. The van der Waals surface area contributed by atoms with Crippen LogP contribution in [-0.2, 0) is 24.4 Å². The predicted molar refractivity (Wildman–Crippen MR) is 131 cm³/mol. The van der Waals surface area contributed by atoms with Crippen LogP contribution in [0.25, 0.3) is 11.5 Å². The van der Waals surface area contributed by atoms with E-state index in [-0.39, 0.29) is 31.7 Å². The summed E-state index contributed by atoms with van der Waals surface area (Å²) in [5, 5.41) is 3.05. The van der Waals surface area contributed by atoms with E-state index >= 15 is 0 Å². The molecule has 2 aliphatic rings. The number of aromatic nitrogens is 1. The van der Waals surface area contributed by atoms with Crippen LogP contribution in [0.15, 0.2) is 83.5 Å². The lowest BCUT2D eigenvalue weighted by Crippen LogP contribution is -2.63. The molecule has 0 bridgehead atoms. The minimum atomic E-state index is -1.16. The number of hydrogen-bond acceptors (Lipinski definition) is 5. The Morgan fingerprint density at radius 2 is 1.75 bits per heavy atom. The number of benzene rings is 2. The van der Waals surface area contributed by atoms with Gasteiger partial charge in [0.15, 0.2) is 11.5 Å². The zero-order valence-electron chi connectivity index (χ0n) is 19.8. The second-order valence-electron chi connectivity index (χ2n) is 9.19. The molecule has 4 aromatic rings. The zero-order chi connectivity index (χ0) is 24.7. The van der Waals surface area contributed by atoms with E-state index in [1.807, 2.05) is 72.2 Å². The Bertz CT molecular complexity index is 1430. The molecule has 0 fully saturated rings. The van der Waals surface area contributed by atoms with E-state index in [1.54, 1.807) is 23.3 Å². The van der Waals surface area contributed by atoms with Gasteiger partial charge in [-0.3, -0.25) is 9.59 Å². The number of furan rings is 1. The molecule has 2 aromatic carbocycles. The van der Waals surface area contributed by atoms with Crippen molar-refractivity contribution in [1.82, 2.24) is 14.8 Å². The fourth-order valence-electron chi connectivity index (χ4n) is 4.85. The molecule has 8 heteroatoms. The Labute approximate surface area is 208 Å². The molecular weight excluding hydrogens is 458 g/mol. The van der Waals surface area contributed by atoms with Crippen LogP contribution in [0, 0.1) is 0 Å². The van der Waals surface area contributed by atoms with Gasteiger partial charge in [0.2, 0.25) is 12.7 Å². The maximum absolute atomic E-state index is 13.9. The third-order valence-corrected chi connectivity index (χ3v) is 6.84. The standard InChI is InChI=1S/C28H25N3O5/c1-28(27(33)29-15-19-6-3-2-4-7-19)17-30-21(23-8-5-13-34-23)10-11-22(30)26(32)31(28)16-20-9-12-24-25(14-20)36-18-35-24/h2-14H,15-18H2,1H3,(H,29,33)/t28-/m1/s1. The number of nitrogens with zero attached hydrogens (tertiary/aromatic N) is 2. The molecular formula is C28H25N3O5. The van der Waals surface area contributed by atoms with E-state index in [0.717, 1.165) is 16.8 Å². The van der Waals surface area contributed by atoms with Crippen molar-refractivity contribution >= 4 is 11.8 Å². The molecule has 182 valence electrons. The van der Waals surface area contributed by atoms with Crippen molar-refractivity contribution in [3.8, 4) is 23.0 Å². The molecule has 0 spiro atoms. The Hall–Kier alpha value is -4.46. The van der Waals surface area contributed by atoms with E-state index in [9.17, 15) is 9.59 Å². The lowest BCUT2D eigenvalue weighted by Gasteiger charge is -2.44. The molecule has 0 saturated heterocycles. The first-order valence-electron chi connectivity index (χ1n) is 11.8. The number of hydrogen-bond donors (Lipinski definition) is 1. The SMILES string of the molecule is C[C@]1(C(=O)NCc2ccccc2)Cn2c(ccc2-c2ccco2)C(=O)N1Cc1ccc2c(c1)OCO2. The normalized spacial score (nSPS) is 18.2. The van der Waals surface area contributed by atoms with Crippen molar-refractivity contribution in [2.45, 2.75) is 32.1 Å². The molecule has 0 saturated carbocycles. The first kappa shape index (κ1) is 22.0. The minimum absolute atomic E-state index is 0.171. The average Bonchev–Trinajstić information content (AvgIpc) is 3.66. The second kappa shape index (κ2) is 8.64. The van der Waals surface area contributed by atoms with Gasteiger partial charge in [-0.15, -0.1) is 0 Å². The Balaban J connectivity index is 1.36. The molecule has 1 N–H and O–H groups in total. The molecule has 0 aliphatic carbocycles. The van der Waals surface area contributed by atoms with Crippen LogP contribution in [0.3, 0.4) is 0 Å². The summed E-state index contributed by atoms with van der Waals surface area (Å²) in [5.74, 6) is 1.49. The van der Waals surface area contributed by atoms with Crippen molar-refractivity contribution in [2.75, 3.05) is 6.79 Å². The van der Waals surface area contributed by atoms with E-state index in [0.29, 0.717) is 29.5 Å². The molecule has 2 aromatic heterocycles. The van der Waals surface area contributed by atoms with Crippen LogP contribution in [-0.4, -0.2) is 33.6 Å². The molecule has 8 nitrogen and oxygen atoms in total. The van der Waals surface area contributed by atoms with Crippen LogP contribution in [0.1, 0.15) is 28.5 Å². The van der Waals surface area contributed by atoms with Crippen LogP contribution in [0.4, 0.5) is 0 Å². The van der Waals surface area contributed by atoms with Crippen molar-refractivity contribution in [2.24, 2.45) is 0 Å².